The van der Waals surface area contributed by atoms with Crippen LogP contribution >= 0.6 is 0 Å². The molecule has 0 spiro atoms. The molecule has 0 heteroatoms. The molecule has 0 saturated carbocycles. The van der Waals surface area contributed by atoms with Gasteiger partial charge in [-0.05, 0) is 37.8 Å². The Hall–Kier alpha value is -1.04. The summed E-state index contributed by atoms with van der Waals surface area (Å²) in [6, 6.07) is 8.70. The lowest BCUT2D eigenvalue weighted by Gasteiger charge is -1.99. The molecule has 69 valence electrons. The molecule has 1 aromatic carbocycles. The number of hydrogen-bond acceptors (Lipinski definition) is 0. The predicted molar refractivity (Wildman–Crippen MR) is 58.7 cm³/mol. The van der Waals surface area contributed by atoms with Gasteiger partial charge in [0.15, 0.2) is 0 Å². The van der Waals surface area contributed by atoms with Crippen LogP contribution in [0.4, 0.5) is 0 Å². The fourth-order valence-electron chi connectivity index (χ4n) is 1.17. The third-order valence-electron chi connectivity index (χ3n) is 2.06. The normalized spacial score (nSPS) is 9.77. The Kier molecular flexibility index (Phi) is 3.75. The van der Waals surface area contributed by atoms with Gasteiger partial charge in [-0.1, -0.05) is 42.8 Å². The van der Waals surface area contributed by atoms with Crippen LogP contribution in [0.5, 0.6) is 0 Å². The molecule has 0 unspecified atom stereocenters. The van der Waals surface area contributed by atoms with Gasteiger partial charge in [0, 0.05) is 0 Å². The van der Waals surface area contributed by atoms with E-state index in [0.717, 1.165) is 6.42 Å². The van der Waals surface area contributed by atoms with Crippen LogP contribution in [0, 0.1) is 6.42 Å². The van der Waals surface area contributed by atoms with Crippen molar-refractivity contribution < 1.29 is 0 Å². The maximum Gasteiger partial charge on any atom is -0.00950 e. The molecule has 0 nitrogen and oxygen atoms in total. The first-order valence-electron chi connectivity index (χ1n) is 4.74. The number of hydrogen-bond donors (Lipinski definition) is 0. The van der Waals surface area contributed by atoms with Crippen LogP contribution in [0.2, 0.25) is 0 Å². The first kappa shape index (κ1) is 10.0. The lowest BCUT2D eigenvalue weighted by molar-refractivity contribution is 1.21. The standard InChI is InChI=1S/C13H17/c1-4-12-7-9-13(10-8-12)6-5-11(2)3/h4-5,7-10H,6H2,1-3H3. The lowest BCUT2D eigenvalue weighted by Crippen LogP contribution is -1.83. The summed E-state index contributed by atoms with van der Waals surface area (Å²) in [5.74, 6) is 0. The Labute approximate surface area is 81.3 Å². The number of allylic oxidation sites excluding steroid dienone is 2. The highest BCUT2D eigenvalue weighted by Gasteiger charge is 1.91. The summed E-state index contributed by atoms with van der Waals surface area (Å²) in [5.41, 5.74) is 4.05. The number of benzene rings is 1. The van der Waals surface area contributed by atoms with Gasteiger partial charge in [0.05, 0.1) is 0 Å². The quantitative estimate of drug-likeness (QED) is 0.610. The van der Waals surface area contributed by atoms with Crippen LogP contribution < -0.4 is 0 Å². The molecule has 0 fully saturated rings. The van der Waals surface area contributed by atoms with Crippen LogP contribution in [0.15, 0.2) is 35.9 Å². The van der Waals surface area contributed by atoms with Crippen LogP contribution in [-0.4, -0.2) is 0 Å². The van der Waals surface area contributed by atoms with Crippen molar-refractivity contribution in [3.8, 4) is 0 Å². The molecule has 0 bridgehead atoms. The van der Waals surface area contributed by atoms with Gasteiger partial charge >= 0.3 is 0 Å². The first-order chi connectivity index (χ1) is 6.22. The average molecular weight is 173 g/mol. The molecule has 0 saturated heterocycles. The molecule has 1 aromatic rings. The Morgan fingerprint density at radius 1 is 1.15 bits per heavy atom. The van der Waals surface area contributed by atoms with E-state index in [2.05, 4.69) is 57.5 Å². The zero-order valence-corrected chi connectivity index (χ0v) is 8.67. The predicted octanol–water partition coefficient (Wildman–Crippen LogP) is 3.77. The van der Waals surface area contributed by atoms with Crippen LogP contribution in [0.25, 0.3) is 0 Å². The lowest BCUT2D eigenvalue weighted by atomic mass is 10.1. The van der Waals surface area contributed by atoms with E-state index in [4.69, 9.17) is 0 Å². The van der Waals surface area contributed by atoms with E-state index in [1.165, 1.54) is 16.7 Å². The molecule has 0 heterocycles. The third kappa shape index (κ3) is 3.45. The first-order valence-corrected chi connectivity index (χ1v) is 4.74. The maximum absolute atomic E-state index is 2.25. The van der Waals surface area contributed by atoms with Gasteiger partial charge in [0.1, 0.15) is 0 Å². The van der Waals surface area contributed by atoms with E-state index >= 15 is 0 Å². The Balaban J connectivity index is 2.64. The molecule has 0 aromatic heterocycles. The maximum atomic E-state index is 2.25. The van der Waals surface area contributed by atoms with Crippen molar-refractivity contribution in [1.82, 2.24) is 0 Å². The van der Waals surface area contributed by atoms with E-state index in [9.17, 15) is 0 Å². The Bertz CT molecular complexity index is 273. The van der Waals surface area contributed by atoms with Crippen molar-refractivity contribution in [2.75, 3.05) is 0 Å². The molecule has 0 aliphatic heterocycles. The molecule has 0 aliphatic carbocycles. The Morgan fingerprint density at radius 3 is 2.23 bits per heavy atom. The summed E-state index contributed by atoms with van der Waals surface area (Å²) in [6.07, 6.45) is 5.42. The highest BCUT2D eigenvalue weighted by atomic mass is 14.0. The molecule has 1 rings (SSSR count). The summed E-state index contributed by atoms with van der Waals surface area (Å²) in [5, 5.41) is 0. The van der Waals surface area contributed by atoms with Gasteiger partial charge in [-0.15, -0.1) is 0 Å². The van der Waals surface area contributed by atoms with Crippen LogP contribution in [-0.2, 0) is 6.42 Å². The second-order valence-corrected chi connectivity index (χ2v) is 3.52. The van der Waals surface area contributed by atoms with E-state index in [-0.39, 0.29) is 0 Å². The molecular weight excluding hydrogens is 156 g/mol. The van der Waals surface area contributed by atoms with Crippen LogP contribution in [0.3, 0.4) is 0 Å². The van der Waals surface area contributed by atoms with Crippen LogP contribution in [0.1, 0.15) is 31.9 Å². The third-order valence-corrected chi connectivity index (χ3v) is 2.06. The van der Waals surface area contributed by atoms with Gasteiger partial charge in [-0.25, -0.2) is 0 Å². The SMILES string of the molecule is C[CH]c1ccc(CC=C(C)C)cc1. The van der Waals surface area contributed by atoms with Crippen molar-refractivity contribution in [2.24, 2.45) is 0 Å². The average Bonchev–Trinajstić information content (AvgIpc) is 2.15. The zero-order chi connectivity index (χ0) is 9.68. The van der Waals surface area contributed by atoms with Gasteiger partial charge in [0.2, 0.25) is 0 Å². The van der Waals surface area contributed by atoms with Crippen molar-refractivity contribution in [3.05, 3.63) is 53.5 Å². The van der Waals surface area contributed by atoms with Gasteiger partial charge in [0.25, 0.3) is 0 Å². The summed E-state index contributed by atoms with van der Waals surface area (Å²) in [4.78, 5) is 0. The Morgan fingerprint density at radius 2 is 1.77 bits per heavy atom. The van der Waals surface area contributed by atoms with E-state index in [1.54, 1.807) is 0 Å². The molecule has 0 N–H and O–H groups in total. The fraction of sp³-hybridized carbons (Fsp3) is 0.308. The minimum absolute atomic E-state index is 1.05. The highest BCUT2D eigenvalue weighted by molar-refractivity contribution is 5.28. The minimum atomic E-state index is 1.05. The summed E-state index contributed by atoms with van der Waals surface area (Å²) in [6.45, 7) is 6.33. The zero-order valence-electron chi connectivity index (χ0n) is 8.67. The van der Waals surface area contributed by atoms with Gasteiger partial charge in [-0.2, -0.15) is 0 Å². The largest absolute Gasteiger partial charge is 0.0815 e. The molecule has 0 aliphatic rings. The van der Waals surface area contributed by atoms with E-state index in [1.807, 2.05) is 0 Å². The van der Waals surface area contributed by atoms with Crippen molar-refractivity contribution in [1.29, 1.82) is 0 Å². The molecular formula is C13H17. The topological polar surface area (TPSA) is 0 Å². The summed E-state index contributed by atoms with van der Waals surface area (Å²) in [7, 11) is 0. The second-order valence-electron chi connectivity index (χ2n) is 3.52. The molecule has 0 amide bonds. The molecule has 13 heavy (non-hydrogen) atoms. The highest BCUT2D eigenvalue weighted by Crippen LogP contribution is 2.07. The monoisotopic (exact) mass is 173 g/mol. The van der Waals surface area contributed by atoms with Crippen molar-refractivity contribution >= 4 is 0 Å². The number of rotatable bonds is 3. The second kappa shape index (κ2) is 4.86. The van der Waals surface area contributed by atoms with Crippen molar-refractivity contribution in [3.63, 3.8) is 0 Å². The molecule has 1 radical (unpaired) electrons. The summed E-state index contributed by atoms with van der Waals surface area (Å²) < 4.78 is 0. The smallest absolute Gasteiger partial charge is 0.00950 e. The minimum Gasteiger partial charge on any atom is -0.0815 e. The van der Waals surface area contributed by atoms with Gasteiger partial charge in [-0.3, -0.25) is 0 Å². The molecule has 0 atom stereocenters. The van der Waals surface area contributed by atoms with E-state index < -0.39 is 0 Å². The summed E-state index contributed by atoms with van der Waals surface area (Å²) >= 11 is 0. The van der Waals surface area contributed by atoms with E-state index in [0.29, 0.717) is 0 Å². The van der Waals surface area contributed by atoms with Crippen molar-refractivity contribution in [2.45, 2.75) is 27.2 Å². The fourth-order valence-corrected chi connectivity index (χ4v) is 1.17. The van der Waals surface area contributed by atoms with Gasteiger partial charge < -0.3 is 0 Å².